The molecule has 0 aliphatic heterocycles. The van der Waals surface area contributed by atoms with Crippen molar-refractivity contribution in [1.29, 1.82) is 0 Å². The lowest BCUT2D eigenvalue weighted by Crippen LogP contribution is -2.43. The molecule has 6 nitrogen and oxygen atoms in total. The quantitative estimate of drug-likeness (QED) is 0.532. The molecule has 1 N–H and O–H groups in total. The maximum atomic E-state index is 12.7. The van der Waals surface area contributed by atoms with Gasteiger partial charge in [-0.05, 0) is 58.9 Å². The summed E-state index contributed by atoms with van der Waals surface area (Å²) in [6.07, 6.45) is -1.60. The van der Waals surface area contributed by atoms with E-state index in [0.29, 0.717) is 16.3 Å². The average molecular weight is 443 g/mol. The number of amides is 2. The Hall–Kier alpha value is -1.86. The third-order valence-corrected chi connectivity index (χ3v) is 4.41. The van der Waals surface area contributed by atoms with Crippen LogP contribution in [-0.2, 0) is 16.0 Å². The molecule has 0 heterocycles. The molecule has 1 aromatic carbocycles. The van der Waals surface area contributed by atoms with E-state index in [1.165, 1.54) is 0 Å². The predicted molar refractivity (Wildman–Crippen MR) is 120 cm³/mol. The van der Waals surface area contributed by atoms with Gasteiger partial charge < -0.3 is 14.8 Å². The first-order valence-electron chi connectivity index (χ1n) is 9.33. The number of hydrogen-bond donors (Lipinski definition) is 1. The predicted octanol–water partition coefficient (Wildman–Crippen LogP) is 6.65. The molecule has 29 heavy (non-hydrogen) atoms. The van der Waals surface area contributed by atoms with E-state index in [2.05, 4.69) is 11.9 Å². The van der Waals surface area contributed by atoms with Gasteiger partial charge in [0.25, 0.3) is 0 Å². The fraction of sp³-hybridized carbons (Fsp3) is 0.524. The van der Waals surface area contributed by atoms with Crippen LogP contribution >= 0.6 is 23.4 Å². The van der Waals surface area contributed by atoms with Crippen molar-refractivity contribution in [2.75, 3.05) is 11.1 Å². The summed E-state index contributed by atoms with van der Waals surface area (Å²) in [5.74, 6) is 0.869. The number of benzene rings is 1. The maximum absolute atomic E-state index is 12.7. The highest BCUT2D eigenvalue weighted by molar-refractivity contribution is 8.03. The van der Waals surface area contributed by atoms with E-state index in [1.54, 1.807) is 71.5 Å². The highest BCUT2D eigenvalue weighted by atomic mass is 35.5. The molecule has 1 aromatic rings. The summed E-state index contributed by atoms with van der Waals surface area (Å²) in [6, 6.07) is 5.33. The Bertz CT molecular complexity index is 726. The zero-order chi connectivity index (χ0) is 22.4. The van der Waals surface area contributed by atoms with Crippen LogP contribution in [0.2, 0.25) is 5.02 Å². The molecular weight excluding hydrogens is 412 g/mol. The first-order valence-corrected chi connectivity index (χ1v) is 10.7. The fourth-order valence-corrected chi connectivity index (χ4v) is 2.93. The summed E-state index contributed by atoms with van der Waals surface area (Å²) in [6.45, 7) is 16.2. The van der Waals surface area contributed by atoms with Crippen LogP contribution in [0.3, 0.4) is 0 Å². The summed E-state index contributed by atoms with van der Waals surface area (Å²) < 4.78 is 10.8. The van der Waals surface area contributed by atoms with E-state index in [4.69, 9.17) is 21.1 Å². The van der Waals surface area contributed by atoms with Crippen molar-refractivity contribution in [2.45, 2.75) is 66.2 Å². The number of carbonyl (C=O) groups is 2. The lowest BCUT2D eigenvalue weighted by Gasteiger charge is -2.29. The first-order chi connectivity index (χ1) is 13.2. The highest BCUT2D eigenvalue weighted by Crippen LogP contribution is 2.30. The Morgan fingerprint density at radius 2 is 1.62 bits per heavy atom. The molecule has 0 atom stereocenters. The number of anilines is 1. The first kappa shape index (κ1) is 25.2. The Kier molecular flexibility index (Phi) is 8.90. The minimum absolute atomic E-state index is 0.0917. The van der Waals surface area contributed by atoms with Gasteiger partial charge in [0, 0.05) is 0 Å². The number of thioether (sulfide) groups is 1. The number of hydrogen-bond acceptors (Lipinski definition) is 6. The van der Waals surface area contributed by atoms with Gasteiger partial charge in [-0.15, -0.1) is 11.8 Å². The van der Waals surface area contributed by atoms with E-state index < -0.39 is 23.4 Å². The van der Waals surface area contributed by atoms with E-state index in [0.717, 1.165) is 15.7 Å². The van der Waals surface area contributed by atoms with Gasteiger partial charge in [0.15, 0.2) is 0 Å². The second-order valence-corrected chi connectivity index (χ2v) is 10.0. The van der Waals surface area contributed by atoms with Gasteiger partial charge in [-0.1, -0.05) is 37.2 Å². The van der Waals surface area contributed by atoms with Crippen LogP contribution < -0.4 is 5.32 Å². The number of nitrogens with zero attached hydrogens (tertiary/aromatic N) is 1. The minimum Gasteiger partial charge on any atom is -0.443 e. The standard InChI is InChI=1S/C21H31ClN2O4S/c1-9-29-14(2)23-16-12-10-11-15(17(16)22)13-24(18(25)27-20(3,4)5)19(26)28-21(6,7)8/h10-12,23H,2,9,13H2,1,3-8H3. The van der Waals surface area contributed by atoms with Crippen molar-refractivity contribution in [1.82, 2.24) is 4.90 Å². The van der Waals surface area contributed by atoms with Crippen LogP contribution in [0.5, 0.6) is 0 Å². The second kappa shape index (κ2) is 10.3. The van der Waals surface area contributed by atoms with Crippen LogP contribution in [0.1, 0.15) is 54.0 Å². The number of rotatable bonds is 6. The molecule has 0 saturated carbocycles. The van der Waals surface area contributed by atoms with E-state index in [-0.39, 0.29) is 6.54 Å². The van der Waals surface area contributed by atoms with Gasteiger partial charge in [0.2, 0.25) is 0 Å². The van der Waals surface area contributed by atoms with Gasteiger partial charge in [-0.3, -0.25) is 0 Å². The third-order valence-electron chi connectivity index (χ3n) is 3.23. The fourth-order valence-electron chi connectivity index (χ4n) is 2.17. The molecule has 0 saturated heterocycles. The number of carbonyl (C=O) groups excluding carboxylic acids is 2. The Morgan fingerprint density at radius 3 is 2.07 bits per heavy atom. The van der Waals surface area contributed by atoms with Crippen molar-refractivity contribution in [2.24, 2.45) is 0 Å². The Balaban J connectivity index is 3.17. The van der Waals surface area contributed by atoms with Crippen molar-refractivity contribution in [3.63, 3.8) is 0 Å². The zero-order valence-electron chi connectivity index (χ0n) is 18.2. The lowest BCUT2D eigenvalue weighted by molar-refractivity contribution is -0.000235. The molecule has 8 heteroatoms. The van der Waals surface area contributed by atoms with Crippen LogP contribution in [0.15, 0.2) is 29.8 Å². The smallest absolute Gasteiger partial charge is 0.420 e. The molecule has 0 spiro atoms. The van der Waals surface area contributed by atoms with Crippen molar-refractivity contribution < 1.29 is 19.1 Å². The van der Waals surface area contributed by atoms with Crippen LogP contribution in [0.4, 0.5) is 15.3 Å². The number of imide groups is 1. The van der Waals surface area contributed by atoms with Gasteiger partial charge in [0.05, 0.1) is 22.3 Å². The summed E-state index contributed by atoms with van der Waals surface area (Å²) >= 11 is 8.08. The van der Waals surface area contributed by atoms with Crippen LogP contribution in [0, 0.1) is 0 Å². The Morgan fingerprint density at radius 1 is 1.10 bits per heavy atom. The number of ether oxygens (including phenoxy) is 2. The van der Waals surface area contributed by atoms with Crippen LogP contribution in [-0.4, -0.2) is 34.0 Å². The lowest BCUT2D eigenvalue weighted by atomic mass is 10.2. The minimum atomic E-state index is -0.799. The molecular formula is C21H31ClN2O4S. The molecule has 0 aromatic heterocycles. The largest absolute Gasteiger partial charge is 0.443 e. The molecule has 0 aliphatic carbocycles. The molecule has 0 radical (unpaired) electrons. The van der Waals surface area contributed by atoms with Gasteiger partial charge in [-0.2, -0.15) is 0 Å². The molecule has 0 fully saturated rings. The number of halogens is 1. The van der Waals surface area contributed by atoms with Crippen molar-refractivity contribution in [3.8, 4) is 0 Å². The molecule has 2 amide bonds. The molecule has 162 valence electrons. The van der Waals surface area contributed by atoms with Gasteiger partial charge in [0.1, 0.15) is 11.2 Å². The maximum Gasteiger partial charge on any atom is 0.420 e. The van der Waals surface area contributed by atoms with E-state index in [9.17, 15) is 9.59 Å². The van der Waals surface area contributed by atoms with E-state index in [1.807, 2.05) is 6.92 Å². The summed E-state index contributed by atoms with van der Waals surface area (Å²) in [4.78, 5) is 26.3. The van der Waals surface area contributed by atoms with E-state index >= 15 is 0 Å². The third kappa shape index (κ3) is 9.00. The molecule has 0 unspecified atom stereocenters. The monoisotopic (exact) mass is 442 g/mol. The van der Waals surface area contributed by atoms with Gasteiger partial charge >= 0.3 is 12.2 Å². The molecule has 0 bridgehead atoms. The normalized spacial score (nSPS) is 11.6. The van der Waals surface area contributed by atoms with Gasteiger partial charge in [-0.25, -0.2) is 14.5 Å². The second-order valence-electron chi connectivity index (χ2n) is 8.31. The zero-order valence-corrected chi connectivity index (χ0v) is 19.8. The Labute approximate surface area is 183 Å². The molecule has 0 aliphatic rings. The summed E-state index contributed by atoms with van der Waals surface area (Å²) in [5.41, 5.74) is -0.314. The summed E-state index contributed by atoms with van der Waals surface area (Å²) in [5, 5.41) is 4.29. The topological polar surface area (TPSA) is 67.9 Å². The van der Waals surface area contributed by atoms with Crippen molar-refractivity contribution in [3.05, 3.63) is 40.4 Å². The number of nitrogens with one attached hydrogen (secondary N) is 1. The van der Waals surface area contributed by atoms with Crippen molar-refractivity contribution >= 4 is 41.2 Å². The summed E-state index contributed by atoms with van der Waals surface area (Å²) in [7, 11) is 0. The highest BCUT2D eigenvalue weighted by Gasteiger charge is 2.31. The SMILES string of the molecule is C=C(Nc1cccc(CN(C(=O)OC(C)(C)C)C(=O)OC(C)(C)C)c1Cl)SCC. The average Bonchev–Trinajstić information content (AvgIpc) is 2.52. The van der Waals surface area contributed by atoms with Crippen LogP contribution in [0.25, 0.3) is 0 Å². The molecule has 1 rings (SSSR count).